The van der Waals surface area contributed by atoms with Crippen LogP contribution in [0.15, 0.2) is 110 Å². The van der Waals surface area contributed by atoms with Gasteiger partial charge in [-0.15, -0.1) is 22.7 Å². The maximum absolute atomic E-state index is 12.7. The summed E-state index contributed by atoms with van der Waals surface area (Å²) in [5.74, 6) is 0.454. The SMILES string of the molecule is COc1ccc2c(c1)ncn2-c1cc(OCc2ccccc2C)c(C(=O)NS(C)(=O)=O)s1.COc1ccc2ncn(-c3cc(OCc4ccccc4C)c(C(=O)NS(C)(=O)=O)s3)c2c1. The van der Waals surface area contributed by atoms with Gasteiger partial charge in [0.05, 0.1) is 48.8 Å². The lowest BCUT2D eigenvalue weighted by Crippen LogP contribution is -2.29. The molecule has 8 rings (SSSR count). The average molecular weight is 943 g/mol. The molecule has 4 aromatic carbocycles. The molecular formula is C44H42N6O10S4. The zero-order chi connectivity index (χ0) is 45.8. The number of benzene rings is 4. The summed E-state index contributed by atoms with van der Waals surface area (Å²) in [5, 5.41) is 1.32. The Kier molecular flexibility index (Phi) is 13.4. The van der Waals surface area contributed by atoms with Gasteiger partial charge in [0.1, 0.15) is 68.6 Å². The van der Waals surface area contributed by atoms with E-state index in [1.54, 1.807) is 43.6 Å². The standard InChI is InChI=1S/2C22H21N3O5S2/c1-14-6-4-5-7-15(14)12-30-19-11-20(31-21(19)22(26)24-32(3,27)28)25-13-23-17-10-16(29-2)8-9-18(17)25;1-14-6-4-5-7-15(14)12-30-19-11-20(31-21(19)22(26)24-32(3,27)28)25-13-23-17-9-8-16(29-2)10-18(17)25/h2*4-11,13H,12H2,1-3H3,(H,24,26). The first-order chi connectivity index (χ1) is 30.5. The normalized spacial score (nSPS) is 11.5. The third-order valence-corrected chi connectivity index (χ3v) is 13.0. The van der Waals surface area contributed by atoms with Crippen LogP contribution in [0, 0.1) is 13.8 Å². The van der Waals surface area contributed by atoms with Crippen molar-refractivity contribution in [3.63, 3.8) is 0 Å². The molecule has 0 unspecified atom stereocenters. The number of aromatic nitrogens is 4. The molecule has 8 aromatic rings. The van der Waals surface area contributed by atoms with Crippen LogP contribution in [0.3, 0.4) is 0 Å². The van der Waals surface area contributed by atoms with Crippen LogP contribution in [0.2, 0.25) is 0 Å². The topological polar surface area (TPSA) is 199 Å². The van der Waals surface area contributed by atoms with Gasteiger partial charge in [-0.05, 0) is 60.4 Å². The number of hydrogen-bond acceptors (Lipinski definition) is 14. The molecule has 0 atom stereocenters. The Hall–Kier alpha value is -6.74. The predicted molar refractivity (Wildman–Crippen MR) is 247 cm³/mol. The molecule has 0 fully saturated rings. The van der Waals surface area contributed by atoms with Crippen LogP contribution in [-0.2, 0) is 33.3 Å². The van der Waals surface area contributed by atoms with E-state index in [4.69, 9.17) is 18.9 Å². The summed E-state index contributed by atoms with van der Waals surface area (Å²) in [4.78, 5) is 34.5. The van der Waals surface area contributed by atoms with Crippen molar-refractivity contribution >= 4 is 76.6 Å². The molecule has 332 valence electrons. The van der Waals surface area contributed by atoms with Crippen LogP contribution in [0.5, 0.6) is 23.0 Å². The first-order valence-corrected chi connectivity index (χ1v) is 24.6. The highest BCUT2D eigenvalue weighted by Gasteiger charge is 2.24. The number of rotatable bonds is 14. The summed E-state index contributed by atoms with van der Waals surface area (Å²) in [6.45, 7) is 4.42. The number of carbonyl (C=O) groups excluding carboxylic acids is 2. The second-order valence-corrected chi connectivity index (χ2v) is 19.9. The number of sulfonamides is 2. The molecule has 0 aliphatic heterocycles. The smallest absolute Gasteiger partial charge is 0.278 e. The van der Waals surface area contributed by atoms with Crippen molar-refractivity contribution in [2.24, 2.45) is 0 Å². The lowest BCUT2D eigenvalue weighted by Gasteiger charge is -2.09. The van der Waals surface area contributed by atoms with Crippen molar-refractivity contribution in [1.82, 2.24) is 28.5 Å². The second kappa shape index (κ2) is 18.9. The summed E-state index contributed by atoms with van der Waals surface area (Å²) >= 11 is 2.23. The van der Waals surface area contributed by atoms with Crippen LogP contribution in [0.1, 0.15) is 41.6 Å². The zero-order valence-electron chi connectivity index (χ0n) is 35.3. The van der Waals surface area contributed by atoms with Gasteiger partial charge in [0.15, 0.2) is 0 Å². The van der Waals surface area contributed by atoms with E-state index in [-0.39, 0.29) is 23.0 Å². The Morgan fingerprint density at radius 3 is 1.53 bits per heavy atom. The van der Waals surface area contributed by atoms with Crippen LogP contribution < -0.4 is 28.4 Å². The number of amides is 2. The molecule has 2 N–H and O–H groups in total. The molecular weight excluding hydrogens is 901 g/mol. The monoisotopic (exact) mass is 942 g/mol. The maximum Gasteiger partial charge on any atom is 0.278 e. The fraction of sp³-hybridized carbons (Fsp3) is 0.182. The van der Waals surface area contributed by atoms with Gasteiger partial charge in [-0.3, -0.25) is 18.7 Å². The van der Waals surface area contributed by atoms with Crippen molar-refractivity contribution in [2.45, 2.75) is 27.1 Å². The predicted octanol–water partition coefficient (Wildman–Crippen LogP) is 7.34. The third-order valence-electron chi connectivity index (χ3n) is 9.61. The van der Waals surface area contributed by atoms with Crippen molar-refractivity contribution in [3.8, 4) is 33.0 Å². The van der Waals surface area contributed by atoms with Crippen LogP contribution >= 0.6 is 22.7 Å². The highest BCUT2D eigenvalue weighted by molar-refractivity contribution is 7.89. The van der Waals surface area contributed by atoms with E-state index >= 15 is 0 Å². The van der Waals surface area contributed by atoms with Crippen molar-refractivity contribution in [1.29, 1.82) is 0 Å². The Balaban J connectivity index is 0.000000191. The molecule has 0 saturated carbocycles. The highest BCUT2D eigenvalue weighted by Crippen LogP contribution is 2.37. The van der Waals surface area contributed by atoms with Crippen LogP contribution in [0.4, 0.5) is 0 Å². The van der Waals surface area contributed by atoms with E-state index in [1.807, 2.05) is 113 Å². The number of aryl methyl sites for hydroxylation is 2. The molecule has 0 aliphatic rings. The molecule has 2 amide bonds. The third kappa shape index (κ3) is 10.7. The Bertz CT molecular complexity index is 3240. The molecule has 0 radical (unpaired) electrons. The van der Waals surface area contributed by atoms with E-state index in [2.05, 4.69) is 9.97 Å². The molecule has 4 heterocycles. The fourth-order valence-corrected chi connectivity index (χ4v) is 9.33. The molecule has 0 aliphatic carbocycles. The van der Waals surface area contributed by atoms with Gasteiger partial charge in [0, 0.05) is 24.3 Å². The van der Waals surface area contributed by atoms with E-state index in [0.29, 0.717) is 33.0 Å². The summed E-state index contributed by atoms with van der Waals surface area (Å²) in [7, 11) is -4.30. The Morgan fingerprint density at radius 1 is 0.594 bits per heavy atom. The van der Waals surface area contributed by atoms with Gasteiger partial charge in [0.25, 0.3) is 11.8 Å². The first kappa shape index (κ1) is 45.3. The first-order valence-electron chi connectivity index (χ1n) is 19.2. The van der Waals surface area contributed by atoms with Gasteiger partial charge < -0.3 is 18.9 Å². The van der Waals surface area contributed by atoms with Crippen molar-refractivity contribution in [2.75, 3.05) is 26.7 Å². The van der Waals surface area contributed by atoms with Gasteiger partial charge in [-0.2, -0.15) is 0 Å². The number of hydrogen-bond donors (Lipinski definition) is 2. The summed E-state index contributed by atoms with van der Waals surface area (Å²) in [6.07, 6.45) is 5.14. The van der Waals surface area contributed by atoms with Crippen molar-refractivity contribution in [3.05, 3.63) is 142 Å². The molecule has 16 nitrogen and oxygen atoms in total. The Morgan fingerprint density at radius 2 is 1.05 bits per heavy atom. The largest absolute Gasteiger partial charge is 0.497 e. The van der Waals surface area contributed by atoms with Crippen LogP contribution in [-0.4, -0.2) is 74.5 Å². The van der Waals surface area contributed by atoms with Gasteiger partial charge in [0.2, 0.25) is 20.0 Å². The minimum atomic E-state index is -3.73. The summed E-state index contributed by atoms with van der Waals surface area (Å²) in [6, 6.07) is 29.9. The lowest BCUT2D eigenvalue weighted by molar-refractivity contribution is 0.0972. The van der Waals surface area contributed by atoms with E-state index in [1.165, 1.54) is 0 Å². The zero-order valence-corrected chi connectivity index (χ0v) is 38.6. The minimum Gasteiger partial charge on any atom is -0.497 e. The number of imidazole rings is 2. The molecule has 20 heteroatoms. The maximum atomic E-state index is 12.7. The molecule has 0 bridgehead atoms. The van der Waals surface area contributed by atoms with Crippen LogP contribution in [0.25, 0.3) is 32.1 Å². The number of fused-ring (bicyclic) bond motifs is 2. The second-order valence-electron chi connectivity index (χ2n) is 14.3. The summed E-state index contributed by atoms with van der Waals surface area (Å²) < 4.78 is 76.7. The fourth-order valence-electron chi connectivity index (χ4n) is 6.36. The van der Waals surface area contributed by atoms with Gasteiger partial charge in [-0.25, -0.2) is 36.2 Å². The van der Waals surface area contributed by atoms with Gasteiger partial charge in [-0.1, -0.05) is 48.5 Å². The summed E-state index contributed by atoms with van der Waals surface area (Å²) in [5.41, 5.74) is 7.12. The van der Waals surface area contributed by atoms with Gasteiger partial charge >= 0.3 is 0 Å². The van der Waals surface area contributed by atoms with E-state index in [9.17, 15) is 26.4 Å². The molecule has 4 aromatic heterocycles. The van der Waals surface area contributed by atoms with E-state index < -0.39 is 31.9 Å². The lowest BCUT2D eigenvalue weighted by atomic mass is 10.1. The number of ether oxygens (including phenoxy) is 4. The molecule has 64 heavy (non-hydrogen) atoms. The number of thiophene rings is 2. The highest BCUT2D eigenvalue weighted by atomic mass is 32.2. The Labute approximate surface area is 377 Å². The van der Waals surface area contributed by atoms with Crippen molar-refractivity contribution < 1.29 is 45.4 Å². The number of carbonyl (C=O) groups is 2. The molecule has 0 saturated heterocycles. The quantitative estimate of drug-likeness (QED) is 0.110. The minimum absolute atomic E-state index is 0.156. The van der Waals surface area contributed by atoms with E-state index in [0.717, 1.165) is 79.5 Å². The number of methoxy groups -OCH3 is 2. The average Bonchev–Trinajstić information content (AvgIpc) is 4.06. The number of nitrogens with one attached hydrogen (secondary N) is 2. The molecule has 0 spiro atoms. The number of nitrogens with zero attached hydrogens (tertiary/aromatic N) is 4.